The van der Waals surface area contributed by atoms with Crippen LogP contribution >= 0.6 is 22.6 Å². The number of carbonyl (C=O) groups excluding carboxylic acids is 1. The third-order valence-electron chi connectivity index (χ3n) is 2.33. The van der Waals surface area contributed by atoms with Gasteiger partial charge in [0.2, 0.25) is 5.75 Å². The Kier molecular flexibility index (Phi) is 5.54. The maximum absolute atomic E-state index is 10.9. The number of hydrogen-bond donors (Lipinski definition) is 0. The second kappa shape index (κ2) is 6.68. The SMILES string of the molecule is COc1cc(CCC(=O)I)cc(OC)c1OC. The number of benzene rings is 1. The van der Waals surface area contributed by atoms with E-state index in [9.17, 15) is 4.79 Å². The van der Waals surface area contributed by atoms with E-state index in [0.29, 0.717) is 30.1 Å². The zero-order valence-corrected chi connectivity index (χ0v) is 12.2. The van der Waals surface area contributed by atoms with Crippen LogP contribution in [0.15, 0.2) is 12.1 Å². The fourth-order valence-corrected chi connectivity index (χ4v) is 1.79. The van der Waals surface area contributed by atoms with Gasteiger partial charge in [-0.25, -0.2) is 0 Å². The van der Waals surface area contributed by atoms with Crippen LogP contribution in [-0.2, 0) is 11.2 Å². The van der Waals surface area contributed by atoms with Gasteiger partial charge in [0.1, 0.15) is 0 Å². The second-order valence-corrected chi connectivity index (χ2v) is 4.59. The molecule has 0 unspecified atom stereocenters. The van der Waals surface area contributed by atoms with E-state index in [-0.39, 0.29) is 3.79 Å². The summed E-state index contributed by atoms with van der Waals surface area (Å²) in [6.45, 7) is 0. The monoisotopic (exact) mass is 350 g/mol. The lowest BCUT2D eigenvalue weighted by atomic mass is 10.1. The van der Waals surface area contributed by atoms with Crippen LogP contribution in [0.5, 0.6) is 17.2 Å². The predicted molar refractivity (Wildman–Crippen MR) is 73.4 cm³/mol. The second-order valence-electron chi connectivity index (χ2n) is 3.39. The molecule has 0 aliphatic carbocycles. The normalized spacial score (nSPS) is 9.88. The molecular formula is C12H15IO4. The van der Waals surface area contributed by atoms with E-state index in [2.05, 4.69) is 0 Å². The number of aryl methyl sites for hydroxylation is 1. The maximum atomic E-state index is 10.9. The summed E-state index contributed by atoms with van der Waals surface area (Å²) in [5.41, 5.74) is 0.990. The first kappa shape index (κ1) is 14.1. The minimum atomic E-state index is 0.136. The van der Waals surface area contributed by atoms with Gasteiger partial charge in [0.05, 0.1) is 21.3 Å². The summed E-state index contributed by atoms with van der Waals surface area (Å²) in [5, 5.41) is 0. The highest BCUT2D eigenvalue weighted by atomic mass is 127. The van der Waals surface area contributed by atoms with Crippen molar-refractivity contribution in [2.24, 2.45) is 0 Å². The zero-order chi connectivity index (χ0) is 12.8. The van der Waals surface area contributed by atoms with Crippen molar-refractivity contribution in [1.82, 2.24) is 0 Å². The first-order valence-electron chi connectivity index (χ1n) is 5.09. The summed E-state index contributed by atoms with van der Waals surface area (Å²) in [5.74, 6) is 1.80. The van der Waals surface area contributed by atoms with E-state index in [1.54, 1.807) is 43.9 Å². The van der Waals surface area contributed by atoms with Gasteiger partial charge in [0.25, 0.3) is 0 Å². The van der Waals surface area contributed by atoms with Crippen molar-refractivity contribution in [3.8, 4) is 17.2 Å². The average molecular weight is 350 g/mol. The van der Waals surface area contributed by atoms with E-state index in [0.717, 1.165) is 5.56 Å². The first-order valence-corrected chi connectivity index (χ1v) is 6.17. The van der Waals surface area contributed by atoms with E-state index >= 15 is 0 Å². The highest BCUT2D eigenvalue weighted by Crippen LogP contribution is 2.38. The molecule has 17 heavy (non-hydrogen) atoms. The summed E-state index contributed by atoms with van der Waals surface area (Å²) >= 11 is 1.79. The van der Waals surface area contributed by atoms with Crippen molar-refractivity contribution in [2.75, 3.05) is 21.3 Å². The van der Waals surface area contributed by atoms with Crippen molar-refractivity contribution in [3.05, 3.63) is 17.7 Å². The fraction of sp³-hybridized carbons (Fsp3) is 0.417. The van der Waals surface area contributed by atoms with Crippen molar-refractivity contribution in [2.45, 2.75) is 12.8 Å². The Balaban J connectivity index is 3.04. The smallest absolute Gasteiger partial charge is 0.203 e. The van der Waals surface area contributed by atoms with Gasteiger partial charge >= 0.3 is 0 Å². The maximum Gasteiger partial charge on any atom is 0.203 e. The van der Waals surface area contributed by atoms with Gasteiger partial charge in [-0.2, -0.15) is 0 Å². The summed E-state index contributed by atoms with van der Waals surface area (Å²) in [6.07, 6.45) is 1.16. The molecule has 4 nitrogen and oxygen atoms in total. The molecule has 0 aliphatic heterocycles. The van der Waals surface area contributed by atoms with Crippen molar-refractivity contribution in [1.29, 1.82) is 0 Å². The summed E-state index contributed by atoms with van der Waals surface area (Å²) in [7, 11) is 4.71. The minimum Gasteiger partial charge on any atom is -0.493 e. The molecule has 1 aromatic rings. The van der Waals surface area contributed by atoms with Gasteiger partial charge in [0, 0.05) is 6.42 Å². The zero-order valence-electron chi connectivity index (χ0n) is 10.1. The topological polar surface area (TPSA) is 44.8 Å². The number of halogens is 1. The first-order chi connectivity index (χ1) is 8.12. The molecule has 0 spiro atoms. The predicted octanol–water partition coefficient (Wildman–Crippen LogP) is 2.61. The van der Waals surface area contributed by atoms with Crippen LogP contribution in [0.1, 0.15) is 12.0 Å². The van der Waals surface area contributed by atoms with E-state index in [1.807, 2.05) is 12.1 Å². The largest absolute Gasteiger partial charge is 0.493 e. The molecule has 0 aliphatic rings. The van der Waals surface area contributed by atoms with Crippen LogP contribution in [0, 0.1) is 0 Å². The number of rotatable bonds is 6. The quantitative estimate of drug-likeness (QED) is 0.585. The van der Waals surface area contributed by atoms with Gasteiger partial charge in [0.15, 0.2) is 15.3 Å². The molecule has 0 aromatic heterocycles. The highest BCUT2D eigenvalue weighted by molar-refractivity contribution is 14.1. The summed E-state index contributed by atoms with van der Waals surface area (Å²) in [4.78, 5) is 10.9. The Morgan fingerprint density at radius 3 is 2.00 bits per heavy atom. The lowest BCUT2D eigenvalue weighted by molar-refractivity contribution is -0.109. The Morgan fingerprint density at radius 1 is 1.12 bits per heavy atom. The van der Waals surface area contributed by atoms with Crippen LogP contribution < -0.4 is 14.2 Å². The molecule has 0 amide bonds. The van der Waals surface area contributed by atoms with Gasteiger partial charge < -0.3 is 14.2 Å². The van der Waals surface area contributed by atoms with Crippen LogP contribution in [0.4, 0.5) is 0 Å². The van der Waals surface area contributed by atoms with Crippen LogP contribution in [0.2, 0.25) is 0 Å². The molecule has 0 saturated carbocycles. The summed E-state index contributed by atoms with van der Waals surface area (Å²) in [6, 6.07) is 3.72. The Labute approximate surface area is 114 Å². The van der Waals surface area contributed by atoms with Crippen LogP contribution in [-0.4, -0.2) is 25.1 Å². The molecule has 0 radical (unpaired) electrons. The molecule has 0 bridgehead atoms. The highest BCUT2D eigenvalue weighted by Gasteiger charge is 2.13. The van der Waals surface area contributed by atoms with Gasteiger partial charge in [-0.15, -0.1) is 0 Å². The Morgan fingerprint density at radius 2 is 1.65 bits per heavy atom. The lowest BCUT2D eigenvalue weighted by Gasteiger charge is -2.13. The minimum absolute atomic E-state index is 0.136. The molecule has 94 valence electrons. The van der Waals surface area contributed by atoms with Gasteiger partial charge in [-0.05, 0) is 46.7 Å². The van der Waals surface area contributed by atoms with Crippen molar-refractivity contribution in [3.63, 3.8) is 0 Å². The molecule has 1 aromatic carbocycles. The molecule has 0 N–H and O–H groups in total. The van der Waals surface area contributed by atoms with E-state index in [1.165, 1.54) is 0 Å². The van der Waals surface area contributed by atoms with E-state index in [4.69, 9.17) is 14.2 Å². The third kappa shape index (κ3) is 3.76. The third-order valence-corrected chi connectivity index (χ3v) is 2.87. The van der Waals surface area contributed by atoms with Crippen LogP contribution in [0.25, 0.3) is 0 Å². The lowest BCUT2D eigenvalue weighted by Crippen LogP contribution is -1.98. The molecule has 0 heterocycles. The molecule has 5 heteroatoms. The van der Waals surface area contributed by atoms with Gasteiger partial charge in [-0.3, -0.25) is 4.79 Å². The number of carbonyl (C=O) groups is 1. The van der Waals surface area contributed by atoms with Crippen molar-refractivity contribution < 1.29 is 19.0 Å². The van der Waals surface area contributed by atoms with Gasteiger partial charge in [-0.1, -0.05) is 0 Å². The van der Waals surface area contributed by atoms with Crippen LogP contribution in [0.3, 0.4) is 0 Å². The molecule has 1 rings (SSSR count). The van der Waals surface area contributed by atoms with E-state index < -0.39 is 0 Å². The standard InChI is InChI=1S/C12H15IO4/c1-15-9-6-8(4-5-11(13)14)7-10(16-2)12(9)17-3/h6-7H,4-5H2,1-3H3. The number of ether oxygens (including phenoxy) is 3. The van der Waals surface area contributed by atoms with Crippen molar-refractivity contribution >= 4 is 26.4 Å². The Hall–Kier alpha value is -0.980. The summed E-state index contributed by atoms with van der Waals surface area (Å²) < 4.78 is 15.8. The average Bonchev–Trinajstić information content (AvgIpc) is 2.34. The molecule has 0 atom stereocenters. The Bertz CT molecular complexity index is 378. The number of methoxy groups -OCH3 is 3. The fourth-order valence-electron chi connectivity index (χ4n) is 1.52. The molecule has 0 saturated heterocycles. The number of hydrogen-bond acceptors (Lipinski definition) is 4. The molecule has 0 fully saturated rings. The molecular weight excluding hydrogens is 335 g/mol.